The van der Waals surface area contributed by atoms with Gasteiger partial charge in [0.2, 0.25) is 0 Å². The van der Waals surface area contributed by atoms with Crippen molar-refractivity contribution in [3.05, 3.63) is 77.2 Å². The number of amides is 1. The van der Waals surface area contributed by atoms with Crippen LogP contribution in [0, 0.1) is 5.92 Å². The van der Waals surface area contributed by atoms with E-state index in [0.29, 0.717) is 36.3 Å². The Morgan fingerprint density at radius 3 is 2.85 bits per heavy atom. The lowest BCUT2D eigenvalue weighted by Gasteiger charge is -2.24. The van der Waals surface area contributed by atoms with Gasteiger partial charge in [-0.3, -0.25) is 4.79 Å². The summed E-state index contributed by atoms with van der Waals surface area (Å²) in [5, 5.41) is 0.707. The van der Waals surface area contributed by atoms with Crippen LogP contribution >= 0.6 is 11.6 Å². The zero-order chi connectivity index (χ0) is 18.5. The first-order chi connectivity index (χ1) is 12.5. The number of carbonyl (C=O) groups excluding carboxylic acids is 1. The number of aromatic nitrogens is 2. The first-order valence-electron chi connectivity index (χ1n) is 8.60. The molecule has 0 aliphatic carbocycles. The summed E-state index contributed by atoms with van der Waals surface area (Å²) in [4.78, 5) is 19.0. The Labute approximate surface area is 158 Å². The van der Waals surface area contributed by atoms with E-state index in [2.05, 4.69) is 18.8 Å². The van der Waals surface area contributed by atoms with Crippen LogP contribution in [0.1, 0.15) is 35.8 Å². The first-order valence-corrected chi connectivity index (χ1v) is 8.98. The molecule has 1 amide bonds. The van der Waals surface area contributed by atoms with Gasteiger partial charge < -0.3 is 13.9 Å². The molecule has 2 heterocycles. The molecule has 26 heavy (non-hydrogen) atoms. The number of nitrogens with zero attached hydrogens (tertiary/aromatic N) is 3. The van der Waals surface area contributed by atoms with Gasteiger partial charge in [0.25, 0.3) is 5.91 Å². The van der Waals surface area contributed by atoms with Gasteiger partial charge in [-0.25, -0.2) is 4.98 Å². The number of hydrogen-bond acceptors (Lipinski definition) is 3. The highest BCUT2D eigenvalue weighted by Gasteiger charge is 2.21. The number of furan rings is 1. The molecule has 3 aromatic rings. The Kier molecular flexibility index (Phi) is 5.78. The molecule has 0 saturated carbocycles. The molecule has 2 aromatic heterocycles. The minimum atomic E-state index is -0.124. The minimum Gasteiger partial charge on any atom is -0.459 e. The highest BCUT2D eigenvalue weighted by Crippen LogP contribution is 2.15. The smallest absolute Gasteiger partial charge is 0.289 e. The average Bonchev–Trinajstić information content (AvgIpc) is 3.26. The predicted octanol–water partition coefficient (Wildman–Crippen LogP) is 4.48. The molecule has 5 nitrogen and oxygen atoms in total. The van der Waals surface area contributed by atoms with Crippen molar-refractivity contribution >= 4 is 17.5 Å². The highest BCUT2D eigenvalue weighted by atomic mass is 35.5. The Hall–Kier alpha value is -2.53. The fourth-order valence-corrected chi connectivity index (χ4v) is 3.07. The van der Waals surface area contributed by atoms with Crippen LogP contribution in [0.5, 0.6) is 0 Å². The second kappa shape index (κ2) is 8.23. The van der Waals surface area contributed by atoms with E-state index in [9.17, 15) is 4.79 Å². The molecular weight excluding hydrogens is 350 g/mol. The molecule has 0 aliphatic heterocycles. The van der Waals surface area contributed by atoms with Crippen LogP contribution in [0.4, 0.5) is 0 Å². The Balaban J connectivity index is 1.79. The van der Waals surface area contributed by atoms with Crippen LogP contribution in [0.3, 0.4) is 0 Å². The number of halogens is 1. The van der Waals surface area contributed by atoms with Gasteiger partial charge in [-0.05, 0) is 35.7 Å². The van der Waals surface area contributed by atoms with Gasteiger partial charge in [-0.1, -0.05) is 37.6 Å². The lowest BCUT2D eigenvalue weighted by Crippen LogP contribution is -2.34. The molecule has 1 aromatic carbocycles. The summed E-state index contributed by atoms with van der Waals surface area (Å²) >= 11 is 6.08. The monoisotopic (exact) mass is 371 g/mol. The third-order valence-corrected chi connectivity index (χ3v) is 4.22. The standard InChI is InChI=1S/C20H22ClN3O2/c1-15(2)12-24(20(25)18-7-4-10-26-18)14-19-22-8-9-23(19)13-16-5-3-6-17(21)11-16/h3-11,15H,12-14H2,1-2H3. The predicted molar refractivity (Wildman–Crippen MR) is 101 cm³/mol. The molecule has 0 bridgehead atoms. The lowest BCUT2D eigenvalue weighted by atomic mass is 10.2. The second-order valence-corrected chi connectivity index (χ2v) is 7.09. The molecule has 0 spiro atoms. The van der Waals surface area contributed by atoms with E-state index in [1.165, 1.54) is 6.26 Å². The zero-order valence-corrected chi connectivity index (χ0v) is 15.7. The molecule has 3 rings (SSSR count). The van der Waals surface area contributed by atoms with Crippen molar-refractivity contribution < 1.29 is 9.21 Å². The molecule has 0 radical (unpaired) electrons. The molecule has 0 N–H and O–H groups in total. The van der Waals surface area contributed by atoms with E-state index in [-0.39, 0.29) is 5.91 Å². The van der Waals surface area contributed by atoms with Crippen LogP contribution in [0.2, 0.25) is 5.02 Å². The van der Waals surface area contributed by atoms with Crippen LogP contribution in [-0.2, 0) is 13.1 Å². The molecule has 0 saturated heterocycles. The van der Waals surface area contributed by atoms with Gasteiger partial charge in [-0.2, -0.15) is 0 Å². The number of imidazole rings is 1. The van der Waals surface area contributed by atoms with E-state index in [4.69, 9.17) is 16.0 Å². The van der Waals surface area contributed by atoms with Gasteiger partial charge in [0, 0.05) is 30.5 Å². The number of hydrogen-bond donors (Lipinski definition) is 0. The maximum absolute atomic E-state index is 12.8. The molecule has 136 valence electrons. The Morgan fingerprint density at radius 1 is 1.31 bits per heavy atom. The quantitative estimate of drug-likeness (QED) is 0.615. The van der Waals surface area contributed by atoms with Crippen molar-refractivity contribution in [2.45, 2.75) is 26.9 Å². The fourth-order valence-electron chi connectivity index (χ4n) is 2.85. The van der Waals surface area contributed by atoms with E-state index < -0.39 is 0 Å². The molecule has 0 aliphatic rings. The summed E-state index contributed by atoms with van der Waals surface area (Å²) < 4.78 is 7.32. The third kappa shape index (κ3) is 4.55. The molecular formula is C20H22ClN3O2. The van der Waals surface area contributed by atoms with E-state index in [1.54, 1.807) is 23.2 Å². The normalized spacial score (nSPS) is 11.1. The van der Waals surface area contributed by atoms with Gasteiger partial charge in [0.05, 0.1) is 12.8 Å². The van der Waals surface area contributed by atoms with Crippen molar-refractivity contribution in [3.63, 3.8) is 0 Å². The third-order valence-electron chi connectivity index (χ3n) is 3.98. The molecule has 0 atom stereocenters. The van der Waals surface area contributed by atoms with Crippen LogP contribution in [-0.4, -0.2) is 26.9 Å². The van der Waals surface area contributed by atoms with Crippen molar-refractivity contribution in [1.29, 1.82) is 0 Å². The second-order valence-electron chi connectivity index (χ2n) is 6.66. The zero-order valence-electron chi connectivity index (χ0n) is 14.9. The average molecular weight is 372 g/mol. The van der Waals surface area contributed by atoms with Crippen molar-refractivity contribution in [3.8, 4) is 0 Å². The van der Waals surface area contributed by atoms with Gasteiger partial charge >= 0.3 is 0 Å². The van der Waals surface area contributed by atoms with Gasteiger partial charge in [-0.15, -0.1) is 0 Å². The van der Waals surface area contributed by atoms with Crippen molar-refractivity contribution in [2.75, 3.05) is 6.54 Å². The van der Waals surface area contributed by atoms with Gasteiger partial charge in [0.15, 0.2) is 5.76 Å². The van der Waals surface area contributed by atoms with Crippen molar-refractivity contribution in [2.24, 2.45) is 5.92 Å². The maximum atomic E-state index is 12.8. The molecule has 0 unspecified atom stereocenters. The minimum absolute atomic E-state index is 0.124. The summed E-state index contributed by atoms with van der Waals surface area (Å²) in [6.07, 6.45) is 5.19. The SMILES string of the molecule is CC(C)CN(Cc1nccn1Cc1cccc(Cl)c1)C(=O)c1ccco1. The first kappa shape index (κ1) is 18.3. The Morgan fingerprint density at radius 2 is 2.15 bits per heavy atom. The Bertz CT molecular complexity index is 856. The van der Waals surface area contributed by atoms with E-state index in [1.807, 2.05) is 35.0 Å². The number of benzene rings is 1. The number of rotatable bonds is 7. The van der Waals surface area contributed by atoms with Gasteiger partial charge in [0.1, 0.15) is 5.82 Å². The largest absolute Gasteiger partial charge is 0.459 e. The molecule has 0 fully saturated rings. The summed E-state index contributed by atoms with van der Waals surface area (Å²) in [6.45, 7) is 5.87. The summed E-state index contributed by atoms with van der Waals surface area (Å²) in [7, 11) is 0. The topological polar surface area (TPSA) is 51.3 Å². The highest BCUT2D eigenvalue weighted by molar-refractivity contribution is 6.30. The van der Waals surface area contributed by atoms with E-state index >= 15 is 0 Å². The maximum Gasteiger partial charge on any atom is 0.289 e. The molecule has 6 heteroatoms. The summed E-state index contributed by atoms with van der Waals surface area (Å²) in [5.74, 6) is 1.38. The van der Waals surface area contributed by atoms with Crippen LogP contribution < -0.4 is 0 Å². The number of carbonyl (C=O) groups is 1. The summed E-state index contributed by atoms with van der Waals surface area (Å²) in [5.41, 5.74) is 1.09. The van der Waals surface area contributed by atoms with Crippen LogP contribution in [0.15, 0.2) is 59.5 Å². The van der Waals surface area contributed by atoms with Crippen molar-refractivity contribution in [1.82, 2.24) is 14.5 Å². The fraction of sp³-hybridized carbons (Fsp3) is 0.300. The summed E-state index contributed by atoms with van der Waals surface area (Å²) in [6, 6.07) is 11.2. The van der Waals surface area contributed by atoms with Crippen LogP contribution in [0.25, 0.3) is 0 Å². The van der Waals surface area contributed by atoms with E-state index in [0.717, 1.165) is 11.4 Å². The lowest BCUT2D eigenvalue weighted by molar-refractivity contribution is 0.0684.